The molecular formula is C13H26O4S. The summed E-state index contributed by atoms with van der Waals surface area (Å²) in [5.41, 5.74) is -0.426. The van der Waals surface area contributed by atoms with Crippen LogP contribution in [0.2, 0.25) is 0 Å². The van der Waals surface area contributed by atoms with Crippen molar-refractivity contribution in [3.8, 4) is 0 Å². The van der Waals surface area contributed by atoms with E-state index < -0.39 is 21.5 Å². The first-order valence-electron chi connectivity index (χ1n) is 6.89. The highest BCUT2D eigenvalue weighted by Crippen LogP contribution is 2.36. The van der Waals surface area contributed by atoms with Crippen LogP contribution in [-0.4, -0.2) is 43.8 Å². The molecule has 0 radical (unpaired) electrons. The zero-order valence-corrected chi connectivity index (χ0v) is 12.3. The van der Waals surface area contributed by atoms with E-state index in [9.17, 15) is 13.5 Å². The smallest absolute Gasteiger partial charge is 0.147 e. The van der Waals surface area contributed by atoms with E-state index in [0.29, 0.717) is 19.4 Å². The third-order valence-corrected chi connectivity index (χ3v) is 4.76. The number of rotatable bonds is 7. The van der Waals surface area contributed by atoms with Gasteiger partial charge in [-0.05, 0) is 32.6 Å². The molecule has 4 nitrogen and oxygen atoms in total. The maximum Gasteiger partial charge on any atom is 0.147 e. The van der Waals surface area contributed by atoms with E-state index in [1.807, 2.05) is 6.92 Å². The van der Waals surface area contributed by atoms with E-state index >= 15 is 0 Å². The molecule has 0 spiro atoms. The van der Waals surface area contributed by atoms with E-state index in [4.69, 9.17) is 4.74 Å². The van der Waals surface area contributed by atoms with Crippen molar-refractivity contribution >= 4 is 9.84 Å². The molecule has 1 atom stereocenters. The lowest BCUT2D eigenvalue weighted by Crippen LogP contribution is -2.46. The Morgan fingerprint density at radius 3 is 2.39 bits per heavy atom. The second-order valence-corrected chi connectivity index (χ2v) is 7.61. The molecule has 1 fully saturated rings. The van der Waals surface area contributed by atoms with Gasteiger partial charge in [0.15, 0.2) is 0 Å². The molecule has 0 aliphatic heterocycles. The molecular weight excluding hydrogens is 252 g/mol. The topological polar surface area (TPSA) is 63.6 Å². The Kier molecular flexibility index (Phi) is 6.08. The predicted molar refractivity (Wildman–Crippen MR) is 72.4 cm³/mol. The first kappa shape index (κ1) is 15.9. The zero-order valence-electron chi connectivity index (χ0n) is 11.5. The Balaban J connectivity index is 2.51. The van der Waals surface area contributed by atoms with Gasteiger partial charge in [-0.15, -0.1) is 0 Å². The van der Waals surface area contributed by atoms with Crippen molar-refractivity contribution in [1.29, 1.82) is 0 Å². The predicted octanol–water partition coefficient (Wildman–Crippen LogP) is 1.91. The Bertz CT molecular complexity index is 325. The monoisotopic (exact) mass is 278 g/mol. The highest BCUT2D eigenvalue weighted by Gasteiger charge is 2.39. The lowest BCUT2D eigenvalue weighted by Gasteiger charge is -2.41. The fourth-order valence-electron chi connectivity index (χ4n) is 2.81. The van der Waals surface area contributed by atoms with Crippen LogP contribution in [0.1, 0.15) is 51.9 Å². The van der Waals surface area contributed by atoms with E-state index in [1.165, 1.54) is 12.7 Å². The van der Waals surface area contributed by atoms with Gasteiger partial charge in [-0.2, -0.15) is 0 Å². The van der Waals surface area contributed by atoms with Gasteiger partial charge < -0.3 is 9.84 Å². The lowest BCUT2D eigenvalue weighted by molar-refractivity contribution is -0.141. The minimum Gasteiger partial charge on any atom is -0.390 e. The summed E-state index contributed by atoms with van der Waals surface area (Å²) in [6.45, 7) is 2.54. The highest BCUT2D eigenvalue weighted by atomic mass is 32.2. The van der Waals surface area contributed by atoms with Crippen LogP contribution >= 0.6 is 0 Å². The van der Waals surface area contributed by atoms with Gasteiger partial charge in [0.1, 0.15) is 9.84 Å². The Morgan fingerprint density at radius 1 is 1.28 bits per heavy atom. The molecule has 1 unspecified atom stereocenters. The highest BCUT2D eigenvalue weighted by molar-refractivity contribution is 7.90. The molecule has 5 heteroatoms. The summed E-state index contributed by atoms with van der Waals surface area (Å²) in [6.07, 6.45) is 6.86. The molecule has 0 aromatic carbocycles. The van der Waals surface area contributed by atoms with Gasteiger partial charge in [0.25, 0.3) is 0 Å². The molecule has 0 amide bonds. The summed E-state index contributed by atoms with van der Waals surface area (Å²) in [4.78, 5) is 0. The molecule has 1 N–H and O–H groups in total. The minimum atomic E-state index is -2.93. The van der Waals surface area contributed by atoms with Crippen LogP contribution in [0.5, 0.6) is 0 Å². The number of hydrogen-bond donors (Lipinski definition) is 1. The largest absolute Gasteiger partial charge is 0.390 e. The molecule has 0 aromatic heterocycles. The van der Waals surface area contributed by atoms with Gasteiger partial charge in [-0.25, -0.2) is 8.42 Å². The van der Waals surface area contributed by atoms with Crippen LogP contribution in [0.3, 0.4) is 0 Å². The standard InChI is InChI=1S/C13H26O4S/c1-3-17-13(9-5-4-6-10-13)12(14)8-7-11-18(2,15)16/h12,14H,3-11H2,1-2H3. The zero-order chi connectivity index (χ0) is 13.6. The van der Waals surface area contributed by atoms with Crippen molar-refractivity contribution in [3.05, 3.63) is 0 Å². The third-order valence-electron chi connectivity index (χ3n) is 3.73. The molecule has 0 bridgehead atoms. The lowest BCUT2D eigenvalue weighted by atomic mass is 9.79. The van der Waals surface area contributed by atoms with Crippen LogP contribution < -0.4 is 0 Å². The van der Waals surface area contributed by atoms with Gasteiger partial charge in [-0.3, -0.25) is 0 Å². The molecule has 1 aliphatic rings. The first-order chi connectivity index (χ1) is 8.40. The first-order valence-corrected chi connectivity index (χ1v) is 8.95. The summed E-state index contributed by atoms with van der Waals surface area (Å²) in [6, 6.07) is 0. The SMILES string of the molecule is CCOC1(C(O)CCCS(C)(=O)=O)CCCCC1. The van der Waals surface area contributed by atoms with Crippen molar-refractivity contribution < 1.29 is 18.3 Å². The molecule has 1 saturated carbocycles. The second-order valence-electron chi connectivity index (χ2n) is 5.35. The van der Waals surface area contributed by atoms with Crippen LogP contribution in [0.25, 0.3) is 0 Å². The summed E-state index contributed by atoms with van der Waals surface area (Å²) in [7, 11) is -2.93. The quantitative estimate of drug-likeness (QED) is 0.772. The Morgan fingerprint density at radius 2 is 1.89 bits per heavy atom. The van der Waals surface area contributed by atoms with Gasteiger partial charge >= 0.3 is 0 Å². The Hall–Kier alpha value is -0.130. The van der Waals surface area contributed by atoms with Crippen LogP contribution in [0.4, 0.5) is 0 Å². The second kappa shape index (κ2) is 6.87. The molecule has 0 aromatic rings. The fourth-order valence-corrected chi connectivity index (χ4v) is 3.50. The molecule has 0 saturated heterocycles. The number of sulfone groups is 1. The maximum atomic E-state index is 11.1. The summed E-state index contributed by atoms with van der Waals surface area (Å²) < 4.78 is 28.0. The molecule has 1 rings (SSSR count). The van der Waals surface area contributed by atoms with Crippen LogP contribution in [0, 0.1) is 0 Å². The average molecular weight is 278 g/mol. The van der Waals surface area contributed by atoms with Crippen molar-refractivity contribution in [2.75, 3.05) is 18.6 Å². The van der Waals surface area contributed by atoms with Crippen LogP contribution in [-0.2, 0) is 14.6 Å². The number of aliphatic hydroxyl groups is 1. The fraction of sp³-hybridized carbons (Fsp3) is 1.00. The van der Waals surface area contributed by atoms with Gasteiger partial charge in [0.05, 0.1) is 11.7 Å². The van der Waals surface area contributed by atoms with Crippen molar-refractivity contribution in [2.24, 2.45) is 0 Å². The summed E-state index contributed by atoms with van der Waals surface area (Å²) >= 11 is 0. The van der Waals surface area contributed by atoms with Gasteiger partial charge in [-0.1, -0.05) is 19.3 Å². The van der Waals surface area contributed by atoms with E-state index in [0.717, 1.165) is 25.7 Å². The molecule has 0 heterocycles. The maximum absolute atomic E-state index is 11.1. The summed E-state index contributed by atoms with van der Waals surface area (Å²) in [5, 5.41) is 10.3. The van der Waals surface area contributed by atoms with Crippen molar-refractivity contribution in [2.45, 2.75) is 63.6 Å². The third kappa shape index (κ3) is 4.86. The van der Waals surface area contributed by atoms with Gasteiger partial charge in [0, 0.05) is 18.6 Å². The molecule has 108 valence electrons. The number of aliphatic hydroxyl groups excluding tert-OH is 1. The van der Waals surface area contributed by atoms with Crippen LogP contribution in [0.15, 0.2) is 0 Å². The Labute approximate surface area is 111 Å². The van der Waals surface area contributed by atoms with Crippen molar-refractivity contribution in [3.63, 3.8) is 0 Å². The number of ether oxygens (including phenoxy) is 1. The van der Waals surface area contributed by atoms with E-state index in [-0.39, 0.29) is 5.75 Å². The normalized spacial score (nSPS) is 21.7. The minimum absolute atomic E-state index is 0.145. The average Bonchev–Trinajstić information content (AvgIpc) is 2.29. The van der Waals surface area contributed by atoms with Gasteiger partial charge in [0.2, 0.25) is 0 Å². The van der Waals surface area contributed by atoms with E-state index in [1.54, 1.807) is 0 Å². The van der Waals surface area contributed by atoms with Crippen molar-refractivity contribution in [1.82, 2.24) is 0 Å². The summed E-state index contributed by atoms with van der Waals surface area (Å²) in [5.74, 6) is 0.145. The molecule has 1 aliphatic carbocycles. The van der Waals surface area contributed by atoms with E-state index in [2.05, 4.69) is 0 Å². The number of hydrogen-bond acceptors (Lipinski definition) is 4. The molecule has 18 heavy (non-hydrogen) atoms.